The fourth-order valence-corrected chi connectivity index (χ4v) is 6.14. The van der Waals surface area contributed by atoms with Gasteiger partial charge in [-0.15, -0.1) is 0 Å². The van der Waals surface area contributed by atoms with E-state index in [0.717, 1.165) is 19.3 Å². The van der Waals surface area contributed by atoms with Crippen molar-refractivity contribution in [2.24, 2.45) is 16.7 Å². The highest BCUT2D eigenvalue weighted by atomic mass is 35.6. The minimum absolute atomic E-state index is 0.00528. The molecular weight excluding hydrogens is 631 g/mol. The molecule has 0 aromatic heterocycles. The van der Waals surface area contributed by atoms with E-state index >= 15 is 0 Å². The van der Waals surface area contributed by atoms with Crippen LogP contribution in [0.1, 0.15) is 88.5 Å². The molecule has 0 bridgehead atoms. The van der Waals surface area contributed by atoms with Crippen molar-refractivity contribution in [1.82, 2.24) is 0 Å². The van der Waals surface area contributed by atoms with E-state index in [0.29, 0.717) is 5.92 Å². The number of hydrogen-bond acceptors (Lipinski definition) is 2. The Labute approximate surface area is 295 Å². The summed E-state index contributed by atoms with van der Waals surface area (Å²) >= 11 is 14.4. The van der Waals surface area contributed by atoms with Gasteiger partial charge in [-0.3, -0.25) is 0 Å². The third-order valence-electron chi connectivity index (χ3n) is 8.33. The molecule has 2 nitrogen and oxygen atoms in total. The van der Waals surface area contributed by atoms with Crippen LogP contribution in [0.2, 0.25) is 0 Å². The Morgan fingerprint density at radius 1 is 0.739 bits per heavy atom. The molecule has 46 heavy (non-hydrogen) atoms. The van der Waals surface area contributed by atoms with Gasteiger partial charge in [0.2, 0.25) is 0 Å². The highest BCUT2D eigenvalue weighted by molar-refractivity contribution is 6.63. The Hall–Kier alpha value is -2.07. The molecular formula is C41H57Cl3O2. The van der Waals surface area contributed by atoms with Crippen molar-refractivity contribution in [2.45, 2.75) is 105 Å². The van der Waals surface area contributed by atoms with Gasteiger partial charge in [-0.2, -0.15) is 0 Å². The first-order valence-electron chi connectivity index (χ1n) is 16.1. The van der Waals surface area contributed by atoms with Gasteiger partial charge >= 0.3 is 0 Å². The van der Waals surface area contributed by atoms with Crippen molar-refractivity contribution in [3.05, 3.63) is 130 Å². The maximum Gasteiger partial charge on any atom is 0.180 e. The quantitative estimate of drug-likeness (QED) is 0.136. The Balaban J connectivity index is 0.00000249. The molecule has 2 aliphatic carbocycles. The molecule has 0 saturated heterocycles. The maximum absolute atomic E-state index is 10.1. The molecule has 0 unspecified atom stereocenters. The van der Waals surface area contributed by atoms with Crippen molar-refractivity contribution >= 4 is 34.8 Å². The van der Waals surface area contributed by atoms with Crippen LogP contribution in [0.5, 0.6) is 0 Å². The molecule has 0 amide bonds. The third-order valence-corrected chi connectivity index (χ3v) is 8.33. The van der Waals surface area contributed by atoms with E-state index in [1.165, 1.54) is 39.0 Å². The van der Waals surface area contributed by atoms with E-state index in [2.05, 4.69) is 154 Å². The van der Waals surface area contributed by atoms with E-state index in [4.69, 9.17) is 34.8 Å². The van der Waals surface area contributed by atoms with Crippen molar-refractivity contribution in [2.75, 3.05) is 0 Å². The topological polar surface area (TPSA) is 40.5 Å². The fourth-order valence-electron chi connectivity index (χ4n) is 6.14. The van der Waals surface area contributed by atoms with Gasteiger partial charge in [-0.25, -0.2) is 0 Å². The first-order valence-corrected chi connectivity index (χ1v) is 17.4. The zero-order chi connectivity index (χ0) is 35.1. The lowest BCUT2D eigenvalue weighted by atomic mass is 9.67. The lowest BCUT2D eigenvalue weighted by molar-refractivity contribution is 0.116. The van der Waals surface area contributed by atoms with Crippen LogP contribution < -0.4 is 0 Å². The van der Waals surface area contributed by atoms with Crippen LogP contribution in [0.4, 0.5) is 0 Å². The van der Waals surface area contributed by atoms with Crippen molar-refractivity contribution in [1.29, 1.82) is 0 Å². The van der Waals surface area contributed by atoms with Gasteiger partial charge in [-0.1, -0.05) is 187 Å². The van der Waals surface area contributed by atoms with E-state index in [1.54, 1.807) is 0 Å². The Bertz CT molecular complexity index is 1330. The standard InChI is InChI=1S/C40H56O2.CHCl3/c1-29(17-13-19-31(3)21-23-37-33(5)25-35(41)27-39(37,7)8)15-11-12-16-30(2)18-14-20-32(4)22-24-38-34(6)26-36(42)28-40(38,9)10;2-1(3)4/h11-25,35-37,41-42H,26-28H2,1-10H3;1H/b12-11+,17-13+,18-14+,23-21+,24-22+,29-15+,30-16+,31-19+,32-20+;/t35-,36+,37-;/m0./s1. The highest BCUT2D eigenvalue weighted by Gasteiger charge is 2.34. The second-order valence-electron chi connectivity index (χ2n) is 14.0. The maximum atomic E-state index is 10.1. The summed E-state index contributed by atoms with van der Waals surface area (Å²) in [5, 5.41) is 20.2. The number of alkyl halides is 3. The van der Waals surface area contributed by atoms with Crippen LogP contribution >= 0.6 is 34.8 Å². The SMILES string of the molecule is CC1=C[C@H](O)CC(C)(C)[C@H]1/C=C/C(C)=C/C=C/C(C)=C/C=C/C=C(C)/C=C/C=C(C)/C=C/C1=C(C)C[C@@H](O)CC1(C)C.ClC(Cl)Cl. The fraction of sp³-hybridized carbons (Fsp3) is 0.463. The second kappa shape index (κ2) is 20.3. The second-order valence-corrected chi connectivity index (χ2v) is 16.0. The van der Waals surface area contributed by atoms with Gasteiger partial charge in [0, 0.05) is 5.92 Å². The molecule has 0 aromatic carbocycles. The molecule has 254 valence electrons. The minimum atomic E-state index is -0.750. The predicted molar refractivity (Wildman–Crippen MR) is 205 cm³/mol. The summed E-state index contributed by atoms with van der Waals surface area (Å²) in [6.45, 7) is 21.6. The van der Waals surface area contributed by atoms with E-state index in [9.17, 15) is 10.2 Å². The molecule has 3 atom stereocenters. The van der Waals surface area contributed by atoms with Gasteiger partial charge in [0.15, 0.2) is 4.30 Å². The molecule has 0 saturated carbocycles. The summed E-state index contributed by atoms with van der Waals surface area (Å²) in [7, 11) is 0. The van der Waals surface area contributed by atoms with Gasteiger partial charge in [0.25, 0.3) is 0 Å². The van der Waals surface area contributed by atoms with Crippen LogP contribution in [0.25, 0.3) is 0 Å². The molecule has 2 N–H and O–H groups in total. The summed E-state index contributed by atoms with van der Waals surface area (Å²) in [6.07, 6.45) is 33.8. The van der Waals surface area contributed by atoms with Gasteiger partial charge in [0.05, 0.1) is 12.2 Å². The Kier molecular flexibility index (Phi) is 18.5. The number of rotatable bonds is 10. The first-order chi connectivity index (χ1) is 21.3. The van der Waals surface area contributed by atoms with E-state index in [-0.39, 0.29) is 23.0 Å². The van der Waals surface area contributed by atoms with Crippen molar-refractivity contribution < 1.29 is 10.2 Å². The minimum Gasteiger partial charge on any atom is -0.393 e. The molecule has 0 fully saturated rings. The van der Waals surface area contributed by atoms with Crippen LogP contribution in [0.15, 0.2) is 130 Å². The molecule has 0 radical (unpaired) electrons. The van der Waals surface area contributed by atoms with Crippen molar-refractivity contribution in [3.63, 3.8) is 0 Å². The number of aliphatic hydroxyl groups excluding tert-OH is 2. The van der Waals surface area contributed by atoms with Gasteiger partial charge < -0.3 is 10.2 Å². The van der Waals surface area contributed by atoms with E-state index in [1.807, 2.05) is 6.08 Å². The molecule has 0 aliphatic heterocycles. The first kappa shape index (κ1) is 42.0. The molecule has 0 heterocycles. The largest absolute Gasteiger partial charge is 0.393 e. The number of halogens is 3. The zero-order valence-electron chi connectivity index (χ0n) is 29.6. The van der Waals surface area contributed by atoms with Gasteiger partial charge in [-0.05, 0) is 77.2 Å². The van der Waals surface area contributed by atoms with Gasteiger partial charge in [0.1, 0.15) is 0 Å². The van der Waals surface area contributed by atoms with Crippen molar-refractivity contribution in [3.8, 4) is 0 Å². The lowest BCUT2D eigenvalue weighted by Gasteiger charge is -2.38. The van der Waals surface area contributed by atoms with E-state index < -0.39 is 4.30 Å². The molecule has 2 aliphatic rings. The number of aliphatic hydroxyl groups is 2. The average molecular weight is 688 g/mol. The van der Waals surface area contributed by atoms with Crippen LogP contribution in [-0.2, 0) is 0 Å². The van der Waals surface area contributed by atoms with Crippen LogP contribution in [0.3, 0.4) is 0 Å². The highest BCUT2D eigenvalue weighted by Crippen LogP contribution is 2.42. The molecule has 2 rings (SSSR count). The molecule has 0 spiro atoms. The number of hydrogen-bond donors (Lipinski definition) is 2. The molecule has 0 aromatic rings. The smallest absolute Gasteiger partial charge is 0.180 e. The third kappa shape index (κ3) is 16.7. The summed E-state index contributed by atoms with van der Waals surface area (Å²) in [6, 6.07) is 0. The van der Waals surface area contributed by atoms with Crippen LogP contribution in [-0.4, -0.2) is 26.7 Å². The predicted octanol–water partition coefficient (Wildman–Crippen LogP) is 12.4. The average Bonchev–Trinajstić information content (AvgIpc) is 2.88. The monoisotopic (exact) mass is 686 g/mol. The number of allylic oxidation sites excluding steroid dienone is 20. The Morgan fingerprint density at radius 3 is 1.67 bits per heavy atom. The summed E-state index contributed by atoms with van der Waals surface area (Å²) in [5.74, 6) is 0.348. The summed E-state index contributed by atoms with van der Waals surface area (Å²) < 4.78 is -0.750. The Morgan fingerprint density at radius 2 is 1.20 bits per heavy atom. The lowest BCUT2D eigenvalue weighted by Crippen LogP contribution is -2.32. The van der Waals surface area contributed by atoms with Crippen LogP contribution in [0, 0.1) is 16.7 Å². The summed E-state index contributed by atoms with van der Waals surface area (Å²) in [4.78, 5) is 0. The zero-order valence-corrected chi connectivity index (χ0v) is 31.9. The molecule has 5 heteroatoms. The summed E-state index contributed by atoms with van der Waals surface area (Å²) in [5.41, 5.74) is 8.73. The normalized spacial score (nSPS) is 25.0.